The van der Waals surface area contributed by atoms with Crippen molar-refractivity contribution in [1.82, 2.24) is 23.7 Å². The SMILES string of the molecule is CC1(C)c2ccccc2-c2ccc(-n3c4ccccc4c4ccc(-c5ccc6c(c5)c5cc(-c7ccc8c9ccccc9n(-c9ccc%10c(c9)C(C)(C)c9ccccc9-%10)c8c7)ccc5n6-c5cccc(-c6nc(-c7ccccc7)cc(-c7ccc(-c8ccccc8)cc7)n6)c5)cc43)cc21. The van der Waals surface area contributed by atoms with Crippen LogP contribution in [0.3, 0.4) is 0 Å². The zero-order valence-electron chi connectivity index (χ0n) is 55.3. The first-order chi connectivity index (χ1) is 48.6. The van der Waals surface area contributed by atoms with Gasteiger partial charge in [0.2, 0.25) is 0 Å². The van der Waals surface area contributed by atoms with Crippen LogP contribution >= 0.6 is 0 Å². The van der Waals surface area contributed by atoms with E-state index < -0.39 is 0 Å². The van der Waals surface area contributed by atoms with Gasteiger partial charge in [0.05, 0.1) is 44.5 Å². The highest BCUT2D eigenvalue weighted by Crippen LogP contribution is 2.52. The molecule has 0 aliphatic heterocycles. The molecule has 0 spiro atoms. The van der Waals surface area contributed by atoms with Crippen LogP contribution in [0, 0.1) is 0 Å². The number of fused-ring (bicyclic) bond motifs is 15. The van der Waals surface area contributed by atoms with E-state index in [0.717, 1.165) is 94.8 Å². The average Bonchev–Trinajstić information content (AvgIpc) is 1.59. The molecule has 18 aromatic rings. The summed E-state index contributed by atoms with van der Waals surface area (Å²) in [4.78, 5) is 10.8. The fourth-order valence-corrected chi connectivity index (χ4v) is 16.9. The van der Waals surface area contributed by atoms with Crippen molar-refractivity contribution in [3.05, 3.63) is 344 Å². The van der Waals surface area contributed by atoms with Crippen LogP contribution in [0.25, 0.3) is 172 Å². The third kappa shape index (κ3) is 8.73. The highest BCUT2D eigenvalue weighted by Gasteiger charge is 2.37. The Morgan fingerprint density at radius 1 is 0.212 bits per heavy atom. The molecule has 0 amide bonds. The predicted octanol–water partition coefficient (Wildman–Crippen LogP) is 24.4. The van der Waals surface area contributed by atoms with Crippen molar-refractivity contribution in [2.75, 3.05) is 0 Å². The van der Waals surface area contributed by atoms with Gasteiger partial charge in [-0.1, -0.05) is 258 Å². The second kappa shape index (κ2) is 21.5. The van der Waals surface area contributed by atoms with E-state index in [4.69, 9.17) is 9.97 Å². The number of hydrogen-bond acceptors (Lipinski definition) is 2. The Kier molecular flexibility index (Phi) is 12.4. The van der Waals surface area contributed by atoms with Crippen LogP contribution in [0.15, 0.2) is 322 Å². The van der Waals surface area contributed by atoms with Gasteiger partial charge in [-0.15, -0.1) is 0 Å². The minimum atomic E-state index is -0.135. The molecule has 2 aliphatic rings. The zero-order chi connectivity index (χ0) is 65.8. The Morgan fingerprint density at radius 3 is 1.11 bits per heavy atom. The molecule has 0 saturated heterocycles. The van der Waals surface area contributed by atoms with Crippen LogP contribution in [0.1, 0.15) is 49.9 Å². The summed E-state index contributed by atoms with van der Waals surface area (Å²) in [5, 5.41) is 7.26. The molecule has 5 nitrogen and oxygen atoms in total. The molecule has 20 rings (SSSR count). The monoisotopic (exact) mass is 1260 g/mol. The van der Waals surface area contributed by atoms with Crippen molar-refractivity contribution in [3.8, 4) is 107 Å². The molecule has 2 aliphatic carbocycles. The Morgan fingerprint density at radius 2 is 0.576 bits per heavy atom. The molecular formula is C94H65N5. The molecule has 0 unspecified atom stereocenters. The summed E-state index contributed by atoms with van der Waals surface area (Å²) < 4.78 is 7.41. The van der Waals surface area contributed by atoms with Gasteiger partial charge in [-0.3, -0.25) is 0 Å². The number of benzene rings is 14. The molecule has 0 N–H and O–H groups in total. The molecule has 99 heavy (non-hydrogen) atoms. The lowest BCUT2D eigenvalue weighted by Gasteiger charge is -2.22. The molecule has 0 fully saturated rings. The molecular weight excluding hydrogens is 1200 g/mol. The summed E-state index contributed by atoms with van der Waals surface area (Å²) in [6, 6.07) is 119. The van der Waals surface area contributed by atoms with Gasteiger partial charge in [-0.25, -0.2) is 9.97 Å². The van der Waals surface area contributed by atoms with Crippen LogP contribution in [0.4, 0.5) is 0 Å². The molecule has 4 heterocycles. The lowest BCUT2D eigenvalue weighted by molar-refractivity contribution is 0.660. The average molecular weight is 1260 g/mol. The minimum Gasteiger partial charge on any atom is -0.309 e. The van der Waals surface area contributed by atoms with E-state index in [0.29, 0.717) is 5.82 Å². The number of rotatable bonds is 9. The van der Waals surface area contributed by atoms with Gasteiger partial charge in [0.15, 0.2) is 5.82 Å². The Bertz CT molecular complexity index is 6110. The topological polar surface area (TPSA) is 40.6 Å². The van der Waals surface area contributed by atoms with E-state index in [1.54, 1.807) is 0 Å². The number of aromatic nitrogens is 5. The fourth-order valence-electron chi connectivity index (χ4n) is 16.9. The van der Waals surface area contributed by atoms with Crippen LogP contribution in [-0.4, -0.2) is 23.7 Å². The van der Waals surface area contributed by atoms with Crippen molar-refractivity contribution in [3.63, 3.8) is 0 Å². The maximum atomic E-state index is 5.40. The minimum absolute atomic E-state index is 0.135. The molecule has 14 aromatic carbocycles. The third-order valence-electron chi connectivity index (χ3n) is 21.9. The highest BCUT2D eigenvalue weighted by molar-refractivity contribution is 6.15. The van der Waals surface area contributed by atoms with Crippen molar-refractivity contribution in [1.29, 1.82) is 0 Å². The van der Waals surface area contributed by atoms with Gasteiger partial charge in [-0.05, 0) is 169 Å². The first-order valence-corrected chi connectivity index (χ1v) is 34.4. The van der Waals surface area contributed by atoms with Gasteiger partial charge in [-0.2, -0.15) is 0 Å². The molecule has 5 heteroatoms. The molecule has 0 radical (unpaired) electrons. The van der Waals surface area contributed by atoms with Crippen molar-refractivity contribution < 1.29 is 0 Å². The largest absolute Gasteiger partial charge is 0.309 e. The van der Waals surface area contributed by atoms with Gasteiger partial charge >= 0.3 is 0 Å². The summed E-state index contributed by atoms with van der Waals surface area (Å²) >= 11 is 0. The second-order valence-electron chi connectivity index (χ2n) is 28.1. The molecule has 4 aromatic heterocycles. The Labute approximate surface area is 574 Å². The Hall–Kier alpha value is -12.4. The molecule has 466 valence electrons. The molecule has 0 saturated carbocycles. The summed E-state index contributed by atoms with van der Waals surface area (Å²) in [6.45, 7) is 9.48. The number of hydrogen-bond donors (Lipinski definition) is 0. The fraction of sp³-hybridized carbons (Fsp3) is 0.0638. The lowest BCUT2D eigenvalue weighted by atomic mass is 9.82. The summed E-state index contributed by atoms with van der Waals surface area (Å²) in [5.74, 6) is 0.661. The van der Waals surface area contributed by atoms with E-state index in [2.05, 4.69) is 363 Å². The summed E-state index contributed by atoms with van der Waals surface area (Å²) in [5.41, 5.74) is 32.5. The van der Waals surface area contributed by atoms with E-state index in [1.165, 1.54) is 93.7 Å². The van der Waals surface area contributed by atoms with E-state index in [9.17, 15) is 0 Å². The second-order valence-corrected chi connectivity index (χ2v) is 28.1. The highest BCUT2D eigenvalue weighted by atomic mass is 15.0. The van der Waals surface area contributed by atoms with Crippen molar-refractivity contribution >= 4 is 65.4 Å². The Balaban J connectivity index is 0.760. The van der Waals surface area contributed by atoms with Crippen LogP contribution in [0.5, 0.6) is 0 Å². The van der Waals surface area contributed by atoms with Gasteiger partial charge < -0.3 is 13.7 Å². The smallest absolute Gasteiger partial charge is 0.160 e. The van der Waals surface area contributed by atoms with Gasteiger partial charge in [0.1, 0.15) is 0 Å². The third-order valence-corrected chi connectivity index (χ3v) is 21.9. The van der Waals surface area contributed by atoms with E-state index in [-0.39, 0.29) is 10.8 Å². The lowest BCUT2D eigenvalue weighted by Crippen LogP contribution is -2.15. The predicted molar refractivity (Wildman–Crippen MR) is 413 cm³/mol. The number of nitrogens with zero attached hydrogens (tertiary/aromatic N) is 5. The number of para-hydroxylation sites is 2. The van der Waals surface area contributed by atoms with Gasteiger partial charge in [0, 0.05) is 76.9 Å². The zero-order valence-corrected chi connectivity index (χ0v) is 55.3. The van der Waals surface area contributed by atoms with E-state index >= 15 is 0 Å². The van der Waals surface area contributed by atoms with Gasteiger partial charge in [0.25, 0.3) is 0 Å². The van der Waals surface area contributed by atoms with E-state index in [1.807, 2.05) is 0 Å². The summed E-state index contributed by atoms with van der Waals surface area (Å²) in [7, 11) is 0. The maximum absolute atomic E-state index is 5.40. The summed E-state index contributed by atoms with van der Waals surface area (Å²) in [6.07, 6.45) is 0. The van der Waals surface area contributed by atoms with Crippen molar-refractivity contribution in [2.24, 2.45) is 0 Å². The van der Waals surface area contributed by atoms with Crippen LogP contribution < -0.4 is 0 Å². The molecule has 0 bridgehead atoms. The van der Waals surface area contributed by atoms with Crippen molar-refractivity contribution in [2.45, 2.75) is 38.5 Å². The first kappa shape index (κ1) is 56.9. The maximum Gasteiger partial charge on any atom is 0.160 e. The van der Waals surface area contributed by atoms with Crippen LogP contribution in [0.2, 0.25) is 0 Å². The molecule has 0 atom stereocenters. The first-order valence-electron chi connectivity index (χ1n) is 34.4. The quantitative estimate of drug-likeness (QED) is 0.144. The van der Waals surface area contributed by atoms with Crippen LogP contribution in [-0.2, 0) is 10.8 Å². The normalized spacial score (nSPS) is 13.4. The standard InChI is InChI=1S/C94H65N5/c1-93(2)80-30-15-11-26-70(80)72-46-42-68(55-82(72)93)98-86-32-17-13-28-74(86)76-44-38-64(53-90(76)98)62-40-48-88-78(51-62)79-52-63(65-39-45-77-75-29-14-18-33-87(75)99(91(77)54-65)69-43-47-73-71-27-12-16-31-81(71)94(3,4)83(73)56-69)41-49-89(79)97(88)67-25-19-24-66(50-67)92-95-84(60-22-9-6-10-23-60)57-85(96-92)61-36-34-59(35-37-61)58-20-7-5-8-21-58/h5-57H,1-4H3.